The molecule has 0 saturated heterocycles. The summed E-state index contributed by atoms with van der Waals surface area (Å²) in [6.45, 7) is 3.16. The van der Waals surface area contributed by atoms with E-state index in [1.54, 1.807) is 37.3 Å². The molecule has 3 aromatic rings. The average molecular weight is 360 g/mol. The molecule has 7 nitrogen and oxygen atoms in total. The Hall–Kier alpha value is -2.93. The number of pyridine rings is 1. The summed E-state index contributed by atoms with van der Waals surface area (Å²) in [5, 5.41) is 6.92. The number of rotatable bonds is 4. The first kappa shape index (κ1) is 16.9. The van der Waals surface area contributed by atoms with Gasteiger partial charge >= 0.3 is 5.97 Å². The lowest BCUT2D eigenvalue weighted by Gasteiger charge is -2.13. The number of para-hydroxylation sites is 1. The fourth-order valence-corrected chi connectivity index (χ4v) is 2.44. The lowest BCUT2D eigenvalue weighted by Crippen LogP contribution is -2.30. The summed E-state index contributed by atoms with van der Waals surface area (Å²) >= 11 is 5.96. The van der Waals surface area contributed by atoms with E-state index in [9.17, 15) is 9.59 Å². The van der Waals surface area contributed by atoms with Crippen LogP contribution in [-0.4, -0.2) is 28.1 Å². The standard InChI is InChI=1S/C17H14ClN3O4/c1-9-7-15(21-25-9)20-16(22)10(2)24-17(23)12-8-14(18)19-13-6-4-3-5-11(12)13/h3-8,10H,1-2H3,(H,20,21,22)/t10-/m1/s1. The Bertz CT molecular complexity index is 954. The van der Waals surface area contributed by atoms with Gasteiger partial charge in [0.05, 0.1) is 11.1 Å². The number of carbonyl (C=O) groups is 2. The molecule has 128 valence electrons. The molecule has 0 bridgehead atoms. The van der Waals surface area contributed by atoms with Crippen LogP contribution in [0, 0.1) is 6.92 Å². The van der Waals surface area contributed by atoms with Crippen LogP contribution in [0.4, 0.5) is 5.82 Å². The van der Waals surface area contributed by atoms with Crippen molar-refractivity contribution in [3.8, 4) is 0 Å². The number of amides is 1. The molecule has 1 atom stereocenters. The molecule has 1 N–H and O–H groups in total. The normalized spacial score (nSPS) is 12.0. The van der Waals surface area contributed by atoms with Crippen molar-refractivity contribution in [2.24, 2.45) is 0 Å². The summed E-state index contributed by atoms with van der Waals surface area (Å²) in [7, 11) is 0. The summed E-state index contributed by atoms with van der Waals surface area (Å²) in [4.78, 5) is 28.7. The molecule has 3 rings (SSSR count). The topological polar surface area (TPSA) is 94.3 Å². The second-order valence-electron chi connectivity index (χ2n) is 5.37. The molecule has 0 aliphatic heterocycles. The van der Waals surface area contributed by atoms with Crippen LogP contribution in [0.5, 0.6) is 0 Å². The number of halogens is 1. The first-order valence-corrected chi connectivity index (χ1v) is 7.82. The van der Waals surface area contributed by atoms with Gasteiger partial charge in [0.25, 0.3) is 5.91 Å². The van der Waals surface area contributed by atoms with E-state index in [0.717, 1.165) is 0 Å². The molecule has 2 heterocycles. The number of esters is 1. The van der Waals surface area contributed by atoms with Gasteiger partial charge in [-0.2, -0.15) is 0 Å². The van der Waals surface area contributed by atoms with Crippen LogP contribution < -0.4 is 5.32 Å². The third kappa shape index (κ3) is 3.77. The Balaban J connectivity index is 1.76. The summed E-state index contributed by atoms with van der Waals surface area (Å²) < 4.78 is 10.1. The number of aromatic nitrogens is 2. The van der Waals surface area contributed by atoms with E-state index >= 15 is 0 Å². The van der Waals surface area contributed by atoms with Crippen LogP contribution >= 0.6 is 11.6 Å². The number of nitrogens with zero attached hydrogens (tertiary/aromatic N) is 2. The second kappa shape index (κ2) is 6.90. The van der Waals surface area contributed by atoms with Crippen LogP contribution in [0.25, 0.3) is 10.9 Å². The van der Waals surface area contributed by atoms with Crippen LogP contribution in [-0.2, 0) is 9.53 Å². The van der Waals surface area contributed by atoms with Crippen molar-refractivity contribution in [3.05, 3.63) is 52.9 Å². The number of hydrogen-bond donors (Lipinski definition) is 1. The zero-order chi connectivity index (χ0) is 18.0. The van der Waals surface area contributed by atoms with Gasteiger partial charge in [0, 0.05) is 11.5 Å². The fraction of sp³-hybridized carbons (Fsp3) is 0.176. The van der Waals surface area contributed by atoms with Crippen LogP contribution in [0.3, 0.4) is 0 Å². The van der Waals surface area contributed by atoms with Crippen molar-refractivity contribution >= 4 is 40.2 Å². The molecular weight excluding hydrogens is 346 g/mol. The van der Waals surface area contributed by atoms with Crippen molar-refractivity contribution < 1.29 is 18.8 Å². The maximum absolute atomic E-state index is 12.5. The lowest BCUT2D eigenvalue weighted by atomic mass is 10.1. The van der Waals surface area contributed by atoms with Crippen molar-refractivity contribution in [1.82, 2.24) is 10.1 Å². The minimum atomic E-state index is -1.03. The molecule has 1 amide bonds. The largest absolute Gasteiger partial charge is 0.449 e. The van der Waals surface area contributed by atoms with Gasteiger partial charge < -0.3 is 14.6 Å². The number of anilines is 1. The smallest absolute Gasteiger partial charge is 0.339 e. The molecule has 0 unspecified atom stereocenters. The van der Waals surface area contributed by atoms with E-state index in [-0.39, 0.29) is 16.5 Å². The quantitative estimate of drug-likeness (QED) is 0.567. The number of hydrogen-bond acceptors (Lipinski definition) is 6. The van der Waals surface area contributed by atoms with Gasteiger partial charge in [-0.25, -0.2) is 9.78 Å². The monoisotopic (exact) mass is 359 g/mol. The Morgan fingerprint density at radius 1 is 1.28 bits per heavy atom. The summed E-state index contributed by atoms with van der Waals surface area (Å²) in [5.41, 5.74) is 0.810. The molecule has 2 aromatic heterocycles. The molecule has 0 saturated carbocycles. The number of carbonyl (C=O) groups excluding carboxylic acids is 2. The predicted octanol–water partition coefficient (Wildman–Crippen LogP) is 3.37. The Morgan fingerprint density at radius 3 is 2.76 bits per heavy atom. The van der Waals surface area contributed by atoms with E-state index in [1.165, 1.54) is 13.0 Å². The number of aryl methyl sites for hydroxylation is 1. The zero-order valence-corrected chi connectivity index (χ0v) is 14.2. The van der Waals surface area contributed by atoms with Crippen molar-refractivity contribution in [2.45, 2.75) is 20.0 Å². The van der Waals surface area contributed by atoms with Crippen LogP contribution in [0.2, 0.25) is 5.15 Å². The van der Waals surface area contributed by atoms with Crippen LogP contribution in [0.15, 0.2) is 40.9 Å². The average Bonchev–Trinajstić information content (AvgIpc) is 2.98. The number of ether oxygens (including phenoxy) is 1. The third-order valence-electron chi connectivity index (χ3n) is 3.44. The summed E-state index contributed by atoms with van der Waals surface area (Å²) in [5.74, 6) is -0.383. The maximum Gasteiger partial charge on any atom is 0.339 e. The van der Waals surface area contributed by atoms with E-state index in [4.69, 9.17) is 20.9 Å². The van der Waals surface area contributed by atoms with Crippen molar-refractivity contribution in [1.29, 1.82) is 0 Å². The van der Waals surface area contributed by atoms with Crippen LogP contribution in [0.1, 0.15) is 23.0 Å². The highest BCUT2D eigenvalue weighted by atomic mass is 35.5. The van der Waals surface area contributed by atoms with E-state index in [0.29, 0.717) is 16.7 Å². The minimum Gasteiger partial charge on any atom is -0.449 e. The lowest BCUT2D eigenvalue weighted by molar-refractivity contribution is -0.123. The van der Waals surface area contributed by atoms with Gasteiger partial charge in [-0.15, -0.1) is 0 Å². The summed E-state index contributed by atoms with van der Waals surface area (Å²) in [6.07, 6.45) is -1.03. The zero-order valence-electron chi connectivity index (χ0n) is 13.4. The van der Waals surface area contributed by atoms with E-state index in [2.05, 4.69) is 15.5 Å². The molecule has 25 heavy (non-hydrogen) atoms. The first-order chi connectivity index (χ1) is 11.9. The predicted molar refractivity (Wildman–Crippen MR) is 91.5 cm³/mol. The Labute approximate surface area is 147 Å². The van der Waals surface area contributed by atoms with Crippen molar-refractivity contribution in [2.75, 3.05) is 5.32 Å². The fourth-order valence-electron chi connectivity index (χ4n) is 2.24. The number of fused-ring (bicyclic) bond motifs is 1. The van der Waals surface area contributed by atoms with E-state index < -0.39 is 18.0 Å². The molecule has 0 fully saturated rings. The SMILES string of the molecule is Cc1cc(NC(=O)[C@@H](C)OC(=O)c2cc(Cl)nc3ccccc23)no1. The molecule has 0 aliphatic rings. The van der Waals surface area contributed by atoms with Gasteiger partial charge in [-0.3, -0.25) is 4.79 Å². The molecule has 0 aliphatic carbocycles. The summed E-state index contributed by atoms with van der Waals surface area (Å²) in [6, 6.07) is 10.0. The Kier molecular flexibility index (Phi) is 4.67. The van der Waals surface area contributed by atoms with Gasteiger partial charge in [0.1, 0.15) is 10.9 Å². The Morgan fingerprint density at radius 2 is 2.04 bits per heavy atom. The number of nitrogens with one attached hydrogen (secondary N) is 1. The highest BCUT2D eigenvalue weighted by Crippen LogP contribution is 2.22. The van der Waals surface area contributed by atoms with E-state index in [1.807, 2.05) is 0 Å². The second-order valence-corrected chi connectivity index (χ2v) is 5.76. The van der Waals surface area contributed by atoms with Gasteiger partial charge in [0.2, 0.25) is 0 Å². The molecule has 1 aromatic carbocycles. The molecule has 8 heteroatoms. The molecule has 0 spiro atoms. The molecular formula is C17H14ClN3O4. The van der Waals surface area contributed by atoms with Crippen molar-refractivity contribution in [3.63, 3.8) is 0 Å². The van der Waals surface area contributed by atoms with Gasteiger partial charge in [0.15, 0.2) is 11.9 Å². The van der Waals surface area contributed by atoms with Gasteiger partial charge in [-0.1, -0.05) is 35.0 Å². The van der Waals surface area contributed by atoms with Gasteiger partial charge in [-0.05, 0) is 26.0 Å². The first-order valence-electron chi connectivity index (χ1n) is 7.44. The maximum atomic E-state index is 12.5. The number of benzene rings is 1. The molecule has 0 radical (unpaired) electrons. The third-order valence-corrected chi connectivity index (χ3v) is 3.63. The highest BCUT2D eigenvalue weighted by Gasteiger charge is 2.22. The minimum absolute atomic E-state index is 0.167. The highest BCUT2D eigenvalue weighted by molar-refractivity contribution is 6.30.